The summed E-state index contributed by atoms with van der Waals surface area (Å²) in [5.41, 5.74) is 0.766. The number of rotatable bonds is 0. The van der Waals surface area contributed by atoms with Gasteiger partial charge < -0.3 is 9.47 Å². The van der Waals surface area contributed by atoms with E-state index in [1.807, 2.05) is 0 Å². The summed E-state index contributed by atoms with van der Waals surface area (Å²) in [6, 6.07) is 0. The molecule has 3 heteroatoms. The lowest BCUT2D eigenvalue weighted by Gasteiger charge is -2.23. The van der Waals surface area contributed by atoms with Crippen molar-refractivity contribution in [1.29, 1.82) is 0 Å². The van der Waals surface area contributed by atoms with Crippen LogP contribution in [-0.4, -0.2) is 19.2 Å². The number of Topliss-reactive ketones (excluding diaryl/α,β-unsaturated/α-hetero) is 1. The maximum absolute atomic E-state index is 11.2. The maximum Gasteiger partial charge on any atom is 0.188 e. The van der Waals surface area contributed by atoms with Crippen LogP contribution in [-0.2, 0) is 14.3 Å². The quantitative estimate of drug-likeness (QED) is 0.522. The minimum Gasteiger partial charge on any atom is -0.471 e. The lowest BCUT2D eigenvalue weighted by molar-refractivity contribution is -0.120. The largest absolute Gasteiger partial charge is 0.471 e. The minimum absolute atomic E-state index is 0.200. The fraction of sp³-hybridized carbons (Fsp3) is 0.625. The van der Waals surface area contributed by atoms with Crippen molar-refractivity contribution in [1.82, 2.24) is 0 Å². The Hall–Kier alpha value is -0.830. The van der Waals surface area contributed by atoms with Gasteiger partial charge in [-0.3, -0.25) is 4.79 Å². The fourth-order valence-corrected chi connectivity index (χ4v) is 1.44. The van der Waals surface area contributed by atoms with E-state index in [9.17, 15) is 4.79 Å². The molecule has 1 aliphatic carbocycles. The molecular weight excluding hydrogens is 144 g/mol. The minimum atomic E-state index is 0.200. The molecule has 0 aromatic heterocycles. The molecule has 0 radical (unpaired) electrons. The van der Waals surface area contributed by atoms with Crippen LogP contribution in [0.15, 0.2) is 11.3 Å². The Morgan fingerprint density at radius 1 is 1.27 bits per heavy atom. The van der Waals surface area contributed by atoms with Gasteiger partial charge in [0.05, 0.1) is 12.2 Å². The van der Waals surface area contributed by atoms with Gasteiger partial charge >= 0.3 is 0 Å². The molecule has 0 atom stereocenters. The van der Waals surface area contributed by atoms with Gasteiger partial charge in [-0.25, -0.2) is 0 Å². The highest BCUT2D eigenvalue weighted by atomic mass is 16.7. The van der Waals surface area contributed by atoms with Gasteiger partial charge in [-0.05, 0) is 6.42 Å². The number of ether oxygens (including phenoxy) is 2. The number of hydrogen-bond donors (Lipinski definition) is 0. The number of hydrogen-bond acceptors (Lipinski definition) is 3. The Labute approximate surface area is 65.0 Å². The van der Waals surface area contributed by atoms with Crippen LogP contribution in [0.1, 0.15) is 19.3 Å². The van der Waals surface area contributed by atoms with Crippen LogP contribution in [0, 0.1) is 0 Å². The third-order valence-corrected chi connectivity index (χ3v) is 2.04. The number of carbonyl (C=O) groups excluding carboxylic acids is 1. The van der Waals surface area contributed by atoms with Crippen molar-refractivity contribution in [2.24, 2.45) is 0 Å². The molecule has 0 aromatic carbocycles. The second-order valence-corrected chi connectivity index (χ2v) is 2.79. The van der Waals surface area contributed by atoms with Crippen LogP contribution >= 0.6 is 0 Å². The standard InChI is InChI=1S/C8H10O3/c9-7-2-1-3-8-6(7)4-10-5-11-8/h1-5H2. The first kappa shape index (κ1) is 6.85. The highest BCUT2D eigenvalue weighted by Gasteiger charge is 2.24. The van der Waals surface area contributed by atoms with Crippen LogP contribution < -0.4 is 0 Å². The SMILES string of the molecule is O=C1CCCC2=C1COCO2. The van der Waals surface area contributed by atoms with E-state index < -0.39 is 0 Å². The lowest BCUT2D eigenvalue weighted by atomic mass is 9.96. The van der Waals surface area contributed by atoms with Crippen molar-refractivity contribution in [3.05, 3.63) is 11.3 Å². The smallest absolute Gasteiger partial charge is 0.188 e. The molecule has 3 nitrogen and oxygen atoms in total. The molecule has 2 aliphatic rings. The van der Waals surface area contributed by atoms with E-state index in [0.29, 0.717) is 19.8 Å². The average Bonchev–Trinajstić information content (AvgIpc) is 2.06. The predicted octanol–water partition coefficient (Wildman–Crippen LogP) is 0.998. The van der Waals surface area contributed by atoms with Gasteiger partial charge in [0, 0.05) is 12.8 Å². The molecule has 0 spiro atoms. The highest BCUT2D eigenvalue weighted by Crippen LogP contribution is 2.25. The van der Waals surface area contributed by atoms with E-state index in [4.69, 9.17) is 9.47 Å². The third-order valence-electron chi connectivity index (χ3n) is 2.04. The molecule has 2 rings (SSSR count). The number of ketones is 1. The summed E-state index contributed by atoms with van der Waals surface area (Å²) in [7, 11) is 0. The molecule has 0 bridgehead atoms. The zero-order valence-electron chi connectivity index (χ0n) is 6.26. The molecule has 11 heavy (non-hydrogen) atoms. The Morgan fingerprint density at radius 3 is 3.00 bits per heavy atom. The lowest BCUT2D eigenvalue weighted by Crippen LogP contribution is -2.22. The topological polar surface area (TPSA) is 35.5 Å². The summed E-state index contributed by atoms with van der Waals surface area (Å²) in [6.07, 6.45) is 2.49. The summed E-state index contributed by atoms with van der Waals surface area (Å²) >= 11 is 0. The number of allylic oxidation sites excluding steroid dienone is 1. The van der Waals surface area contributed by atoms with Crippen molar-refractivity contribution in [2.75, 3.05) is 13.4 Å². The molecule has 0 saturated heterocycles. The van der Waals surface area contributed by atoms with Gasteiger partial charge in [0.1, 0.15) is 5.76 Å². The zero-order valence-corrected chi connectivity index (χ0v) is 6.26. The van der Waals surface area contributed by atoms with Gasteiger partial charge in [0.15, 0.2) is 12.6 Å². The van der Waals surface area contributed by atoms with Gasteiger partial charge in [-0.2, -0.15) is 0 Å². The first-order chi connectivity index (χ1) is 5.38. The second-order valence-electron chi connectivity index (χ2n) is 2.79. The molecule has 0 N–H and O–H groups in total. The fourth-order valence-electron chi connectivity index (χ4n) is 1.44. The summed E-state index contributed by atoms with van der Waals surface area (Å²) in [5.74, 6) is 1.07. The van der Waals surface area contributed by atoms with Crippen molar-refractivity contribution in [2.45, 2.75) is 19.3 Å². The predicted molar refractivity (Wildman–Crippen MR) is 37.8 cm³/mol. The van der Waals surface area contributed by atoms with Crippen LogP contribution in [0.3, 0.4) is 0 Å². The highest BCUT2D eigenvalue weighted by molar-refractivity contribution is 5.96. The van der Waals surface area contributed by atoms with Crippen LogP contribution in [0.4, 0.5) is 0 Å². The Bertz CT molecular complexity index is 213. The zero-order chi connectivity index (χ0) is 7.68. The van der Waals surface area contributed by atoms with E-state index in [2.05, 4.69) is 0 Å². The Kier molecular flexibility index (Phi) is 1.66. The summed E-state index contributed by atoms with van der Waals surface area (Å²) in [6.45, 7) is 0.764. The molecule has 0 saturated carbocycles. The summed E-state index contributed by atoms with van der Waals surface area (Å²) in [5, 5.41) is 0. The maximum atomic E-state index is 11.2. The van der Waals surface area contributed by atoms with Gasteiger partial charge in [-0.1, -0.05) is 0 Å². The second kappa shape index (κ2) is 2.66. The van der Waals surface area contributed by atoms with E-state index in [-0.39, 0.29) is 5.78 Å². The van der Waals surface area contributed by atoms with Crippen molar-refractivity contribution < 1.29 is 14.3 Å². The van der Waals surface area contributed by atoms with Gasteiger partial charge in [0.25, 0.3) is 0 Å². The first-order valence-corrected chi connectivity index (χ1v) is 3.83. The van der Waals surface area contributed by atoms with E-state index >= 15 is 0 Å². The first-order valence-electron chi connectivity index (χ1n) is 3.83. The average molecular weight is 154 g/mol. The molecular formula is C8H10O3. The molecule has 1 heterocycles. The third kappa shape index (κ3) is 1.16. The summed E-state index contributed by atoms with van der Waals surface area (Å²) in [4.78, 5) is 11.2. The Morgan fingerprint density at radius 2 is 2.18 bits per heavy atom. The Balaban J connectivity index is 2.27. The van der Waals surface area contributed by atoms with Crippen molar-refractivity contribution >= 4 is 5.78 Å². The number of carbonyl (C=O) groups is 1. The van der Waals surface area contributed by atoms with E-state index in [1.165, 1.54) is 0 Å². The molecule has 0 aromatic rings. The van der Waals surface area contributed by atoms with E-state index in [0.717, 1.165) is 24.2 Å². The van der Waals surface area contributed by atoms with E-state index in [1.54, 1.807) is 0 Å². The molecule has 0 fully saturated rings. The van der Waals surface area contributed by atoms with Crippen molar-refractivity contribution in [3.8, 4) is 0 Å². The van der Waals surface area contributed by atoms with Crippen LogP contribution in [0.5, 0.6) is 0 Å². The van der Waals surface area contributed by atoms with Crippen LogP contribution in [0.25, 0.3) is 0 Å². The van der Waals surface area contributed by atoms with Crippen molar-refractivity contribution in [3.63, 3.8) is 0 Å². The molecule has 0 amide bonds. The molecule has 0 unspecified atom stereocenters. The van der Waals surface area contributed by atoms with Gasteiger partial charge in [-0.15, -0.1) is 0 Å². The molecule has 1 aliphatic heterocycles. The monoisotopic (exact) mass is 154 g/mol. The van der Waals surface area contributed by atoms with Gasteiger partial charge in [0.2, 0.25) is 0 Å². The normalized spacial score (nSPS) is 24.5. The summed E-state index contributed by atoms with van der Waals surface area (Å²) < 4.78 is 10.2. The van der Waals surface area contributed by atoms with Crippen LogP contribution in [0.2, 0.25) is 0 Å². The molecule has 60 valence electrons.